The van der Waals surface area contributed by atoms with Crippen molar-refractivity contribution in [3.8, 4) is 39.4 Å². The monoisotopic (exact) mass is 755 g/mol. The molecule has 0 N–H and O–H groups in total. The van der Waals surface area contributed by atoms with Gasteiger partial charge in [-0.25, -0.2) is 9.98 Å². The van der Waals surface area contributed by atoms with Crippen LogP contribution in [0.15, 0.2) is 222 Å². The fourth-order valence-corrected chi connectivity index (χ4v) is 8.53. The topological polar surface area (TPSA) is 48.5 Å². The molecule has 0 spiro atoms. The first-order valence-corrected chi connectivity index (χ1v) is 20.0. The lowest BCUT2D eigenvalue weighted by molar-refractivity contribution is 0.768. The van der Waals surface area contributed by atoms with E-state index in [2.05, 4.69) is 195 Å². The molecule has 3 nitrogen and oxygen atoms in total. The molecule has 0 unspecified atom stereocenters. The molecule has 0 heterocycles. The molecule has 59 heavy (non-hydrogen) atoms. The first-order valence-electron chi connectivity index (χ1n) is 20.0. The zero-order valence-electron chi connectivity index (χ0n) is 33.0. The summed E-state index contributed by atoms with van der Waals surface area (Å²) in [4.78, 5) is 10.5. The van der Waals surface area contributed by atoms with Gasteiger partial charge in [-0.3, -0.25) is 0 Å². The molecule has 0 aliphatic heterocycles. The van der Waals surface area contributed by atoms with Crippen molar-refractivity contribution in [1.29, 1.82) is 5.26 Å². The standard InChI is InChI=1S/C56H41N3/c1-3-54(59-55(42-20-10-5-11-21-42)58-39(2)43-22-16-23-44(35-43)41-18-8-4-9-19-41)47-25-17-24-45(36-47)46-31-33-52-51(37-46)50-32-30-40(38-57)34-53(50)56(52,48-26-12-6-13-27-48)49-28-14-7-15-29-49/h3-37H,1-2H3/b54-3-,58-39?,59-55?. The van der Waals surface area contributed by atoms with E-state index >= 15 is 0 Å². The second kappa shape index (κ2) is 16.1. The Bertz CT molecular complexity index is 2900. The minimum Gasteiger partial charge on any atom is -0.233 e. The zero-order valence-corrected chi connectivity index (χ0v) is 33.0. The lowest BCUT2D eigenvalue weighted by atomic mass is 9.67. The lowest BCUT2D eigenvalue weighted by Gasteiger charge is -2.34. The van der Waals surface area contributed by atoms with Crippen molar-refractivity contribution in [3.05, 3.63) is 257 Å². The van der Waals surface area contributed by atoms with Crippen LogP contribution in [0.25, 0.3) is 39.1 Å². The van der Waals surface area contributed by atoms with Gasteiger partial charge in [0.25, 0.3) is 0 Å². The summed E-state index contributed by atoms with van der Waals surface area (Å²) in [5.41, 5.74) is 16.3. The quantitative estimate of drug-likeness (QED) is 0.113. The first-order chi connectivity index (χ1) is 29.1. The zero-order chi connectivity index (χ0) is 40.2. The van der Waals surface area contributed by atoms with E-state index in [1.165, 1.54) is 22.3 Å². The molecule has 0 saturated heterocycles. The summed E-state index contributed by atoms with van der Waals surface area (Å²) in [6, 6.07) is 74.5. The molecule has 0 bridgehead atoms. The molecule has 0 fully saturated rings. The number of rotatable bonds is 8. The van der Waals surface area contributed by atoms with E-state index in [4.69, 9.17) is 9.98 Å². The van der Waals surface area contributed by atoms with Gasteiger partial charge < -0.3 is 0 Å². The Morgan fingerprint density at radius 2 is 1.02 bits per heavy atom. The number of hydrogen-bond donors (Lipinski definition) is 0. The van der Waals surface area contributed by atoms with Gasteiger partial charge in [0.05, 0.1) is 22.7 Å². The van der Waals surface area contributed by atoms with E-state index in [0.717, 1.165) is 61.5 Å². The van der Waals surface area contributed by atoms with Gasteiger partial charge in [0.2, 0.25) is 0 Å². The summed E-state index contributed by atoms with van der Waals surface area (Å²) in [5, 5.41) is 10.1. The highest BCUT2D eigenvalue weighted by molar-refractivity contribution is 6.13. The Hall–Kier alpha value is -7.67. The average molecular weight is 756 g/mol. The van der Waals surface area contributed by atoms with Crippen LogP contribution in [0.1, 0.15) is 58.4 Å². The van der Waals surface area contributed by atoms with Crippen molar-refractivity contribution >= 4 is 17.2 Å². The second-order valence-electron chi connectivity index (χ2n) is 14.8. The maximum Gasteiger partial charge on any atom is 0.160 e. The number of nitrogens with zero attached hydrogens (tertiary/aromatic N) is 3. The Morgan fingerprint density at radius 1 is 0.475 bits per heavy atom. The second-order valence-corrected chi connectivity index (χ2v) is 14.8. The molecule has 8 aromatic carbocycles. The van der Waals surface area contributed by atoms with Gasteiger partial charge in [0.1, 0.15) is 0 Å². The first kappa shape index (κ1) is 36.9. The number of allylic oxidation sites excluding steroid dienone is 1. The van der Waals surface area contributed by atoms with Crippen LogP contribution in [0.2, 0.25) is 0 Å². The minimum absolute atomic E-state index is 0.581. The van der Waals surface area contributed by atoms with Gasteiger partial charge in [-0.15, -0.1) is 0 Å². The van der Waals surface area contributed by atoms with Crippen LogP contribution in [-0.2, 0) is 5.41 Å². The van der Waals surface area contributed by atoms with Crippen molar-refractivity contribution in [1.82, 2.24) is 0 Å². The predicted octanol–water partition coefficient (Wildman–Crippen LogP) is 13.6. The smallest absolute Gasteiger partial charge is 0.160 e. The van der Waals surface area contributed by atoms with Crippen LogP contribution < -0.4 is 0 Å². The third-order valence-corrected chi connectivity index (χ3v) is 11.4. The maximum absolute atomic E-state index is 10.1. The van der Waals surface area contributed by atoms with Crippen molar-refractivity contribution in [2.75, 3.05) is 0 Å². The lowest BCUT2D eigenvalue weighted by Crippen LogP contribution is -2.28. The van der Waals surface area contributed by atoms with Crippen LogP contribution in [0.3, 0.4) is 0 Å². The highest BCUT2D eigenvalue weighted by Crippen LogP contribution is 2.56. The molecule has 1 aliphatic carbocycles. The normalized spacial score (nSPS) is 13.3. The summed E-state index contributed by atoms with van der Waals surface area (Å²) < 4.78 is 0. The molecule has 0 saturated carbocycles. The molecule has 8 aromatic rings. The number of hydrogen-bond acceptors (Lipinski definition) is 2. The number of fused-ring (bicyclic) bond motifs is 3. The molecule has 1 aliphatic rings. The summed E-state index contributed by atoms with van der Waals surface area (Å²) in [6.07, 6.45) is 2.06. The van der Waals surface area contributed by atoms with E-state index in [-0.39, 0.29) is 0 Å². The summed E-state index contributed by atoms with van der Waals surface area (Å²) in [7, 11) is 0. The van der Waals surface area contributed by atoms with Crippen molar-refractivity contribution in [3.63, 3.8) is 0 Å². The molecular weight excluding hydrogens is 715 g/mol. The minimum atomic E-state index is -0.581. The van der Waals surface area contributed by atoms with Crippen LogP contribution in [-0.4, -0.2) is 11.5 Å². The molecule has 0 atom stereocenters. The number of amidine groups is 1. The SMILES string of the molecule is C/C=C(\N=C(N=C(C)c1cccc(-c2ccccc2)c1)c1ccccc1)c1cccc(-c2ccc3c(c2)-c2ccc(C#N)cc2C3(c2ccccc2)c2ccccc2)c1. The Morgan fingerprint density at radius 3 is 1.66 bits per heavy atom. The molecule has 3 heteroatoms. The van der Waals surface area contributed by atoms with E-state index in [1.807, 2.05) is 37.3 Å². The van der Waals surface area contributed by atoms with E-state index in [1.54, 1.807) is 0 Å². The van der Waals surface area contributed by atoms with Crippen LogP contribution in [0.4, 0.5) is 0 Å². The average Bonchev–Trinajstić information content (AvgIpc) is 3.61. The van der Waals surface area contributed by atoms with Crippen LogP contribution in [0, 0.1) is 11.3 Å². The third kappa shape index (κ3) is 6.92. The predicted molar refractivity (Wildman–Crippen MR) is 245 cm³/mol. The van der Waals surface area contributed by atoms with Gasteiger partial charge in [-0.2, -0.15) is 5.26 Å². The number of aliphatic imine (C=N–C) groups is 2. The molecule has 280 valence electrons. The maximum atomic E-state index is 10.1. The van der Waals surface area contributed by atoms with Crippen LogP contribution >= 0.6 is 0 Å². The van der Waals surface area contributed by atoms with Crippen molar-refractivity contribution in [2.24, 2.45) is 9.98 Å². The Kier molecular flexibility index (Phi) is 10.1. The summed E-state index contributed by atoms with van der Waals surface area (Å²) >= 11 is 0. The van der Waals surface area contributed by atoms with Gasteiger partial charge in [-0.1, -0.05) is 182 Å². The molecular formula is C56H41N3. The number of benzene rings is 8. The van der Waals surface area contributed by atoms with E-state index in [0.29, 0.717) is 11.4 Å². The van der Waals surface area contributed by atoms with Crippen molar-refractivity contribution in [2.45, 2.75) is 19.3 Å². The highest BCUT2D eigenvalue weighted by atomic mass is 14.9. The van der Waals surface area contributed by atoms with E-state index in [9.17, 15) is 5.26 Å². The highest BCUT2D eigenvalue weighted by Gasteiger charge is 2.46. The molecule has 0 amide bonds. The Labute approximate surface area is 346 Å². The van der Waals surface area contributed by atoms with Crippen molar-refractivity contribution < 1.29 is 0 Å². The van der Waals surface area contributed by atoms with Gasteiger partial charge >= 0.3 is 0 Å². The number of nitriles is 1. The fourth-order valence-electron chi connectivity index (χ4n) is 8.53. The summed E-state index contributed by atoms with van der Waals surface area (Å²) in [5.74, 6) is 0.649. The summed E-state index contributed by atoms with van der Waals surface area (Å²) in [6.45, 7) is 4.08. The van der Waals surface area contributed by atoms with E-state index < -0.39 is 5.41 Å². The third-order valence-electron chi connectivity index (χ3n) is 11.4. The van der Waals surface area contributed by atoms with Gasteiger partial charge in [0, 0.05) is 16.8 Å². The van der Waals surface area contributed by atoms with Crippen LogP contribution in [0.5, 0.6) is 0 Å². The Balaban J connectivity index is 1.13. The molecule has 0 aromatic heterocycles. The van der Waals surface area contributed by atoms with Gasteiger partial charge in [0.15, 0.2) is 5.84 Å². The van der Waals surface area contributed by atoms with Gasteiger partial charge in [-0.05, 0) is 105 Å². The fraction of sp³-hybridized carbons (Fsp3) is 0.0536. The molecule has 9 rings (SSSR count). The largest absolute Gasteiger partial charge is 0.233 e. The molecule has 0 radical (unpaired) electrons.